The van der Waals surface area contributed by atoms with Crippen molar-refractivity contribution in [3.05, 3.63) is 82.7 Å². The molecule has 0 aliphatic carbocycles. The fourth-order valence-electron chi connectivity index (χ4n) is 3.26. The van der Waals surface area contributed by atoms with Gasteiger partial charge in [0.05, 0.1) is 18.1 Å². The molecular formula is C18H17ClN4. The lowest BCUT2D eigenvalue weighted by Crippen LogP contribution is -2.36. The van der Waals surface area contributed by atoms with E-state index in [1.807, 2.05) is 30.5 Å². The average Bonchev–Trinajstić information content (AvgIpc) is 3.05. The first-order valence-corrected chi connectivity index (χ1v) is 8.10. The fraction of sp³-hybridized carbons (Fsp3) is 0.222. The van der Waals surface area contributed by atoms with Crippen LogP contribution >= 0.6 is 11.6 Å². The number of pyridine rings is 1. The highest BCUT2D eigenvalue weighted by atomic mass is 35.5. The Balaban J connectivity index is 1.75. The van der Waals surface area contributed by atoms with Crippen molar-refractivity contribution in [1.82, 2.24) is 19.9 Å². The molecule has 0 unspecified atom stereocenters. The fourth-order valence-corrected chi connectivity index (χ4v) is 3.50. The van der Waals surface area contributed by atoms with E-state index < -0.39 is 0 Å². The maximum Gasteiger partial charge on any atom is 0.0926 e. The van der Waals surface area contributed by atoms with E-state index in [9.17, 15) is 0 Å². The van der Waals surface area contributed by atoms with E-state index in [-0.39, 0.29) is 6.04 Å². The summed E-state index contributed by atoms with van der Waals surface area (Å²) in [4.78, 5) is 14.5. The number of H-pyrrole nitrogens is 1. The van der Waals surface area contributed by atoms with E-state index in [2.05, 4.69) is 32.0 Å². The molecule has 116 valence electrons. The van der Waals surface area contributed by atoms with Crippen LogP contribution in [0.3, 0.4) is 0 Å². The van der Waals surface area contributed by atoms with Gasteiger partial charge < -0.3 is 4.98 Å². The number of halogens is 1. The zero-order valence-corrected chi connectivity index (χ0v) is 13.4. The first-order valence-electron chi connectivity index (χ1n) is 7.72. The minimum atomic E-state index is 0.0684. The minimum absolute atomic E-state index is 0.0684. The first kappa shape index (κ1) is 14.4. The maximum atomic E-state index is 6.48. The lowest BCUT2D eigenvalue weighted by Gasteiger charge is -2.35. The molecule has 0 amide bonds. The normalized spacial score (nSPS) is 17.9. The predicted molar refractivity (Wildman–Crippen MR) is 90.2 cm³/mol. The Bertz CT molecular complexity index is 800. The number of aromatic amines is 1. The summed E-state index contributed by atoms with van der Waals surface area (Å²) in [6, 6.07) is 12.2. The topological polar surface area (TPSA) is 44.8 Å². The van der Waals surface area contributed by atoms with Crippen molar-refractivity contribution < 1.29 is 0 Å². The Labute approximate surface area is 140 Å². The second-order valence-corrected chi connectivity index (χ2v) is 6.18. The number of rotatable bonds is 3. The van der Waals surface area contributed by atoms with Crippen LogP contribution in [0, 0.1) is 0 Å². The van der Waals surface area contributed by atoms with Crippen molar-refractivity contribution in [3.8, 4) is 0 Å². The summed E-state index contributed by atoms with van der Waals surface area (Å²) in [6.45, 7) is 1.79. The number of benzene rings is 1. The Morgan fingerprint density at radius 3 is 2.96 bits per heavy atom. The molecule has 0 saturated heterocycles. The molecule has 1 aliphatic heterocycles. The van der Waals surface area contributed by atoms with Gasteiger partial charge in [-0.05, 0) is 23.3 Å². The van der Waals surface area contributed by atoms with Gasteiger partial charge in [0, 0.05) is 42.6 Å². The lowest BCUT2D eigenvalue weighted by atomic mass is 9.95. The first-order chi connectivity index (χ1) is 11.3. The molecule has 0 fully saturated rings. The van der Waals surface area contributed by atoms with Crippen LogP contribution in [-0.4, -0.2) is 26.4 Å². The Morgan fingerprint density at radius 2 is 2.13 bits per heavy atom. The molecule has 1 aromatic carbocycles. The van der Waals surface area contributed by atoms with Crippen molar-refractivity contribution >= 4 is 11.6 Å². The van der Waals surface area contributed by atoms with Crippen molar-refractivity contribution in [2.45, 2.75) is 19.0 Å². The van der Waals surface area contributed by atoms with Gasteiger partial charge in [0.15, 0.2) is 0 Å². The number of aromatic nitrogens is 3. The van der Waals surface area contributed by atoms with E-state index in [4.69, 9.17) is 11.6 Å². The molecular weight excluding hydrogens is 308 g/mol. The molecule has 5 heteroatoms. The predicted octanol–water partition coefficient (Wildman–Crippen LogP) is 3.61. The highest BCUT2D eigenvalue weighted by Crippen LogP contribution is 2.37. The highest BCUT2D eigenvalue weighted by molar-refractivity contribution is 6.31. The largest absolute Gasteiger partial charge is 0.348 e. The van der Waals surface area contributed by atoms with Gasteiger partial charge in [-0.15, -0.1) is 0 Å². The van der Waals surface area contributed by atoms with Crippen LogP contribution in [0.5, 0.6) is 0 Å². The number of imidazole rings is 1. The molecule has 0 spiro atoms. The summed E-state index contributed by atoms with van der Waals surface area (Å²) in [5, 5.41) is 0.782. The minimum Gasteiger partial charge on any atom is -0.348 e. The lowest BCUT2D eigenvalue weighted by molar-refractivity contribution is 0.200. The molecule has 4 rings (SSSR count). The van der Waals surface area contributed by atoms with Crippen LogP contribution in [0.1, 0.15) is 28.6 Å². The van der Waals surface area contributed by atoms with E-state index in [0.717, 1.165) is 35.8 Å². The highest BCUT2D eigenvalue weighted by Gasteiger charge is 2.32. The molecule has 0 saturated carbocycles. The monoisotopic (exact) mass is 324 g/mol. The Morgan fingerprint density at radius 1 is 1.22 bits per heavy atom. The molecule has 0 bridgehead atoms. The molecule has 1 N–H and O–H groups in total. The number of nitrogens with zero attached hydrogens (tertiary/aromatic N) is 3. The zero-order valence-electron chi connectivity index (χ0n) is 12.6. The van der Waals surface area contributed by atoms with E-state index in [0.29, 0.717) is 0 Å². The second-order valence-electron chi connectivity index (χ2n) is 5.77. The van der Waals surface area contributed by atoms with Gasteiger partial charge in [0.1, 0.15) is 0 Å². The van der Waals surface area contributed by atoms with Crippen LogP contribution in [0.2, 0.25) is 5.02 Å². The van der Waals surface area contributed by atoms with Crippen LogP contribution in [-0.2, 0) is 13.0 Å². The van der Waals surface area contributed by atoms with Crippen molar-refractivity contribution in [3.63, 3.8) is 0 Å². The van der Waals surface area contributed by atoms with Crippen molar-refractivity contribution in [2.24, 2.45) is 0 Å². The number of hydrogen-bond donors (Lipinski definition) is 1. The van der Waals surface area contributed by atoms with Crippen LogP contribution < -0.4 is 0 Å². The molecule has 4 nitrogen and oxygen atoms in total. The summed E-state index contributed by atoms with van der Waals surface area (Å²) in [5.41, 5.74) is 4.58. The second kappa shape index (κ2) is 6.14. The quantitative estimate of drug-likeness (QED) is 0.800. The molecule has 0 radical (unpaired) electrons. The molecule has 23 heavy (non-hydrogen) atoms. The summed E-state index contributed by atoms with van der Waals surface area (Å²) in [7, 11) is 0. The van der Waals surface area contributed by atoms with Crippen LogP contribution in [0.4, 0.5) is 0 Å². The van der Waals surface area contributed by atoms with Crippen LogP contribution in [0.25, 0.3) is 0 Å². The van der Waals surface area contributed by atoms with Gasteiger partial charge in [-0.3, -0.25) is 9.88 Å². The van der Waals surface area contributed by atoms with Gasteiger partial charge in [0.2, 0.25) is 0 Å². The zero-order chi connectivity index (χ0) is 15.6. The molecule has 1 atom stereocenters. The average molecular weight is 325 g/mol. The third kappa shape index (κ3) is 2.76. The third-order valence-corrected chi connectivity index (χ3v) is 4.68. The van der Waals surface area contributed by atoms with Gasteiger partial charge in [-0.2, -0.15) is 0 Å². The Kier molecular flexibility index (Phi) is 3.85. The summed E-state index contributed by atoms with van der Waals surface area (Å²) >= 11 is 6.48. The van der Waals surface area contributed by atoms with Crippen molar-refractivity contribution in [2.75, 3.05) is 6.54 Å². The van der Waals surface area contributed by atoms with Gasteiger partial charge in [-0.25, -0.2) is 4.98 Å². The maximum absolute atomic E-state index is 6.48. The number of fused-ring (bicyclic) bond motifs is 1. The standard InChI is InChI=1S/C18H17ClN4/c19-15-6-2-1-5-14(15)18-17-16(21-12-22-17)7-9-23(18)11-13-4-3-8-20-10-13/h1-6,8,10,12,18H,7,9,11H2,(H,21,22)/t18-/m1/s1. The van der Waals surface area contributed by atoms with Gasteiger partial charge >= 0.3 is 0 Å². The molecule has 2 aromatic heterocycles. The van der Waals surface area contributed by atoms with Gasteiger partial charge in [0.25, 0.3) is 0 Å². The van der Waals surface area contributed by atoms with E-state index in [1.165, 1.54) is 11.3 Å². The SMILES string of the molecule is Clc1ccccc1[C@@H]1c2nc[nH]c2CCN1Cc1cccnc1. The van der Waals surface area contributed by atoms with Crippen molar-refractivity contribution in [1.29, 1.82) is 0 Å². The number of nitrogens with one attached hydrogen (secondary N) is 1. The number of hydrogen-bond acceptors (Lipinski definition) is 3. The Hall–Kier alpha value is -2.17. The molecule has 3 heterocycles. The summed E-state index contributed by atoms with van der Waals surface area (Å²) in [6.07, 6.45) is 6.47. The van der Waals surface area contributed by atoms with E-state index in [1.54, 1.807) is 12.5 Å². The van der Waals surface area contributed by atoms with Gasteiger partial charge in [-0.1, -0.05) is 35.9 Å². The van der Waals surface area contributed by atoms with Crippen LogP contribution in [0.15, 0.2) is 55.1 Å². The summed E-state index contributed by atoms with van der Waals surface area (Å²) in [5.74, 6) is 0. The molecule has 3 aromatic rings. The smallest absolute Gasteiger partial charge is 0.0926 e. The third-order valence-electron chi connectivity index (χ3n) is 4.33. The molecule has 1 aliphatic rings. The summed E-state index contributed by atoms with van der Waals surface area (Å²) < 4.78 is 0. The van der Waals surface area contributed by atoms with E-state index >= 15 is 0 Å².